The van der Waals surface area contributed by atoms with Gasteiger partial charge in [0.05, 0.1) is 6.33 Å². The standard InChI is InChI=1S/C24H32F2N4/c1-5-7-20(23(26)12-13-25)15-18(3)30-21-10-8-19(9-11-21)16-22(28-4)17-24(27)29-14-6-2/h5,7-13,17,28,30H,3,6,14-16H2,1-2,4H3,(H2,27,29)/b7-5-,13-12+,22-17-,23-20-. The number of benzene rings is 1. The number of rotatable bonds is 12. The number of halogens is 2. The number of anilines is 1. The maximum atomic E-state index is 13.9. The minimum atomic E-state index is -0.623. The third-order valence-electron chi connectivity index (χ3n) is 4.12. The van der Waals surface area contributed by atoms with Crippen LogP contribution in [0.3, 0.4) is 0 Å². The van der Waals surface area contributed by atoms with Crippen molar-refractivity contribution in [1.82, 2.24) is 5.32 Å². The van der Waals surface area contributed by atoms with Crippen LogP contribution in [0.4, 0.5) is 14.5 Å². The maximum Gasteiger partial charge on any atom is 0.129 e. The van der Waals surface area contributed by atoms with Crippen molar-refractivity contribution in [2.45, 2.75) is 33.1 Å². The van der Waals surface area contributed by atoms with Crippen LogP contribution in [0.2, 0.25) is 0 Å². The summed E-state index contributed by atoms with van der Waals surface area (Å²) in [6.45, 7) is 8.49. The van der Waals surface area contributed by atoms with Gasteiger partial charge in [-0.3, -0.25) is 4.99 Å². The maximum absolute atomic E-state index is 13.9. The predicted octanol–water partition coefficient (Wildman–Crippen LogP) is 5.70. The van der Waals surface area contributed by atoms with Gasteiger partial charge in [-0.1, -0.05) is 37.8 Å². The van der Waals surface area contributed by atoms with Gasteiger partial charge in [-0.25, -0.2) is 8.78 Å². The molecule has 0 unspecified atom stereocenters. The van der Waals surface area contributed by atoms with Gasteiger partial charge in [0, 0.05) is 49.6 Å². The molecule has 0 aliphatic heterocycles. The Morgan fingerprint density at radius 1 is 1.23 bits per heavy atom. The first-order chi connectivity index (χ1) is 14.4. The molecule has 0 bridgehead atoms. The number of hydrogen-bond donors (Lipinski definition) is 3. The van der Waals surface area contributed by atoms with Crippen LogP contribution in [-0.2, 0) is 6.42 Å². The summed E-state index contributed by atoms with van der Waals surface area (Å²) in [6, 6.07) is 7.85. The molecule has 1 aromatic rings. The van der Waals surface area contributed by atoms with E-state index >= 15 is 0 Å². The van der Waals surface area contributed by atoms with Crippen LogP contribution in [0, 0.1) is 0 Å². The second-order valence-electron chi connectivity index (χ2n) is 6.67. The molecule has 0 aromatic heterocycles. The third kappa shape index (κ3) is 9.37. The van der Waals surface area contributed by atoms with E-state index in [0.29, 0.717) is 30.1 Å². The third-order valence-corrected chi connectivity index (χ3v) is 4.12. The Kier molecular flexibility index (Phi) is 11.6. The van der Waals surface area contributed by atoms with Crippen molar-refractivity contribution in [1.29, 1.82) is 0 Å². The molecule has 1 rings (SSSR count). The Labute approximate surface area is 178 Å². The minimum absolute atomic E-state index is 0.185. The van der Waals surface area contributed by atoms with Gasteiger partial charge < -0.3 is 16.4 Å². The van der Waals surface area contributed by atoms with E-state index in [1.807, 2.05) is 37.4 Å². The summed E-state index contributed by atoms with van der Waals surface area (Å²) in [6.07, 6.45) is 8.02. The number of amidine groups is 1. The summed E-state index contributed by atoms with van der Waals surface area (Å²) >= 11 is 0. The van der Waals surface area contributed by atoms with E-state index < -0.39 is 5.83 Å². The van der Waals surface area contributed by atoms with E-state index in [4.69, 9.17) is 5.73 Å². The number of aliphatic imine (C=N–C) groups is 1. The van der Waals surface area contributed by atoms with E-state index in [9.17, 15) is 8.78 Å². The molecular weight excluding hydrogens is 382 g/mol. The highest BCUT2D eigenvalue weighted by molar-refractivity contribution is 5.92. The summed E-state index contributed by atoms with van der Waals surface area (Å²) < 4.78 is 26.2. The van der Waals surface area contributed by atoms with Gasteiger partial charge >= 0.3 is 0 Å². The summed E-state index contributed by atoms with van der Waals surface area (Å²) in [4.78, 5) is 4.28. The SMILES string of the molecule is C=C(CC(/C=C\C)=C(F)/C=C/F)Nc1ccc(C/C(=C/C(N)=NCCC)NC)cc1. The van der Waals surface area contributed by atoms with Crippen LogP contribution in [0.1, 0.15) is 32.3 Å². The molecule has 0 spiro atoms. The van der Waals surface area contributed by atoms with Crippen LogP contribution in [0.25, 0.3) is 0 Å². The summed E-state index contributed by atoms with van der Waals surface area (Å²) in [5.41, 5.74) is 9.79. The lowest BCUT2D eigenvalue weighted by atomic mass is 10.1. The lowest BCUT2D eigenvalue weighted by molar-refractivity contribution is 0.641. The zero-order valence-electron chi connectivity index (χ0n) is 18.0. The minimum Gasteiger partial charge on any atom is -0.391 e. The van der Waals surface area contributed by atoms with Gasteiger partial charge in [0.25, 0.3) is 0 Å². The number of hydrogen-bond acceptors (Lipinski definition) is 3. The van der Waals surface area contributed by atoms with Crippen molar-refractivity contribution in [2.75, 3.05) is 18.9 Å². The van der Waals surface area contributed by atoms with Gasteiger partial charge in [-0.2, -0.15) is 0 Å². The molecule has 4 N–H and O–H groups in total. The normalized spacial score (nSPS) is 13.6. The number of nitrogens with two attached hydrogens (primary N) is 1. The Hall–Kier alpha value is -3.15. The van der Waals surface area contributed by atoms with Crippen molar-refractivity contribution in [3.05, 3.63) is 89.8 Å². The lowest BCUT2D eigenvalue weighted by Crippen LogP contribution is -2.16. The number of nitrogens with one attached hydrogen (secondary N) is 2. The van der Waals surface area contributed by atoms with Crippen molar-refractivity contribution >= 4 is 11.5 Å². The van der Waals surface area contributed by atoms with E-state index in [1.165, 1.54) is 0 Å². The van der Waals surface area contributed by atoms with Crippen LogP contribution < -0.4 is 16.4 Å². The van der Waals surface area contributed by atoms with Crippen molar-refractivity contribution in [2.24, 2.45) is 10.7 Å². The molecule has 0 heterocycles. The first-order valence-electron chi connectivity index (χ1n) is 9.93. The fourth-order valence-corrected chi connectivity index (χ4v) is 2.67. The van der Waals surface area contributed by atoms with Gasteiger partial charge in [-0.05, 0) is 42.7 Å². The van der Waals surface area contributed by atoms with Gasteiger partial charge in [0.15, 0.2) is 0 Å². The first kappa shape index (κ1) is 24.9. The zero-order chi connectivity index (χ0) is 22.4. The lowest BCUT2D eigenvalue weighted by Gasteiger charge is -2.12. The van der Waals surface area contributed by atoms with E-state index in [1.54, 1.807) is 19.1 Å². The largest absolute Gasteiger partial charge is 0.391 e. The molecule has 6 heteroatoms. The smallest absolute Gasteiger partial charge is 0.129 e. The number of nitrogens with zero attached hydrogens (tertiary/aromatic N) is 1. The molecule has 0 fully saturated rings. The highest BCUT2D eigenvalue weighted by atomic mass is 19.1. The van der Waals surface area contributed by atoms with Crippen LogP contribution in [-0.4, -0.2) is 19.4 Å². The summed E-state index contributed by atoms with van der Waals surface area (Å²) in [7, 11) is 1.85. The second kappa shape index (κ2) is 13.9. The molecular formula is C24H32F2N4. The molecule has 0 amide bonds. The zero-order valence-corrected chi connectivity index (χ0v) is 18.0. The van der Waals surface area contributed by atoms with Crippen molar-refractivity contribution < 1.29 is 8.78 Å². The summed E-state index contributed by atoms with van der Waals surface area (Å²) in [5, 5.41) is 6.31. The number of allylic oxidation sites excluding steroid dienone is 6. The molecule has 1 aromatic carbocycles. The van der Waals surface area contributed by atoms with Crippen LogP contribution in [0.15, 0.2) is 89.3 Å². The average molecular weight is 415 g/mol. The Bertz CT molecular complexity index is 831. The Balaban J connectivity index is 2.79. The van der Waals surface area contributed by atoms with E-state index in [-0.39, 0.29) is 12.8 Å². The molecule has 0 aliphatic rings. The molecule has 0 saturated heterocycles. The fraction of sp³-hybridized carbons (Fsp3) is 0.292. The van der Waals surface area contributed by atoms with E-state index in [0.717, 1.165) is 29.4 Å². The summed E-state index contributed by atoms with van der Waals surface area (Å²) in [5.74, 6) is -0.113. The van der Waals surface area contributed by atoms with E-state index in [2.05, 4.69) is 29.1 Å². The molecule has 30 heavy (non-hydrogen) atoms. The Morgan fingerprint density at radius 3 is 2.50 bits per heavy atom. The van der Waals surface area contributed by atoms with Crippen molar-refractivity contribution in [3.63, 3.8) is 0 Å². The second-order valence-corrected chi connectivity index (χ2v) is 6.67. The molecule has 162 valence electrons. The highest BCUT2D eigenvalue weighted by Gasteiger charge is 2.05. The van der Waals surface area contributed by atoms with Gasteiger partial charge in [0.2, 0.25) is 0 Å². The monoisotopic (exact) mass is 414 g/mol. The molecule has 0 radical (unpaired) electrons. The van der Waals surface area contributed by atoms with Crippen LogP contribution >= 0.6 is 0 Å². The van der Waals surface area contributed by atoms with Gasteiger partial charge in [0.1, 0.15) is 11.7 Å². The molecule has 0 aliphatic carbocycles. The first-order valence-corrected chi connectivity index (χ1v) is 9.93. The molecule has 4 nitrogen and oxygen atoms in total. The average Bonchev–Trinajstić information content (AvgIpc) is 2.73. The quantitative estimate of drug-likeness (QED) is 0.234. The fourth-order valence-electron chi connectivity index (χ4n) is 2.67. The topological polar surface area (TPSA) is 62.4 Å². The molecule has 0 atom stereocenters. The van der Waals surface area contributed by atoms with Crippen LogP contribution in [0.5, 0.6) is 0 Å². The van der Waals surface area contributed by atoms with Gasteiger partial charge in [-0.15, -0.1) is 0 Å². The predicted molar refractivity (Wildman–Crippen MR) is 125 cm³/mol. The highest BCUT2D eigenvalue weighted by Crippen LogP contribution is 2.21. The van der Waals surface area contributed by atoms with Crippen molar-refractivity contribution in [3.8, 4) is 0 Å². The molecule has 0 saturated carbocycles. The Morgan fingerprint density at radius 2 is 1.93 bits per heavy atom. The number of likely N-dealkylation sites (N-methyl/N-ethyl adjacent to an activating group) is 1.